The van der Waals surface area contributed by atoms with Gasteiger partial charge in [0.2, 0.25) is 0 Å². The molecule has 0 aromatic rings. The molecule has 132 valence electrons. The van der Waals surface area contributed by atoms with Crippen molar-refractivity contribution in [1.82, 2.24) is 0 Å². The van der Waals surface area contributed by atoms with E-state index in [4.69, 9.17) is 0 Å². The SMILES string of the molecule is C.O=C1C2C=C3CC(C2)CC1C3.O=C1C2CC3CC1CC(O)(C3)C2. The summed E-state index contributed by atoms with van der Waals surface area (Å²) in [6.07, 6.45) is 11.6. The van der Waals surface area contributed by atoms with Gasteiger partial charge in [0.1, 0.15) is 11.6 Å². The van der Waals surface area contributed by atoms with Crippen LogP contribution < -0.4 is 0 Å². The summed E-state index contributed by atoms with van der Waals surface area (Å²) in [6.45, 7) is 0. The molecule has 0 radical (unpaired) electrons. The van der Waals surface area contributed by atoms with Gasteiger partial charge in [0.05, 0.1) is 5.60 Å². The molecule has 6 fully saturated rings. The molecule has 3 nitrogen and oxygen atoms in total. The van der Waals surface area contributed by atoms with Crippen LogP contribution in [-0.4, -0.2) is 22.3 Å². The molecule has 0 saturated heterocycles. The summed E-state index contributed by atoms with van der Waals surface area (Å²) >= 11 is 0. The van der Waals surface area contributed by atoms with Crippen LogP contribution in [0.5, 0.6) is 0 Å². The quantitative estimate of drug-likeness (QED) is 0.689. The molecule has 3 heteroatoms. The molecule has 0 spiro atoms. The van der Waals surface area contributed by atoms with Gasteiger partial charge in [-0.05, 0) is 69.6 Å². The van der Waals surface area contributed by atoms with E-state index in [9.17, 15) is 14.7 Å². The number of carbonyl (C=O) groups is 2. The molecule has 5 atom stereocenters. The van der Waals surface area contributed by atoms with Crippen LogP contribution >= 0.6 is 0 Å². The molecule has 1 N–H and O–H groups in total. The highest BCUT2D eigenvalue weighted by Crippen LogP contribution is 2.53. The van der Waals surface area contributed by atoms with E-state index in [1.165, 1.54) is 19.3 Å². The molecule has 8 aliphatic rings. The molecule has 0 heterocycles. The second-order valence-corrected chi connectivity index (χ2v) is 9.25. The molecule has 24 heavy (non-hydrogen) atoms. The van der Waals surface area contributed by atoms with Crippen molar-refractivity contribution in [3.8, 4) is 0 Å². The monoisotopic (exact) mass is 330 g/mol. The second kappa shape index (κ2) is 5.52. The Labute approximate surface area is 144 Å². The fourth-order valence-electron chi connectivity index (χ4n) is 6.79. The molecule has 0 aliphatic heterocycles. The Kier molecular flexibility index (Phi) is 3.80. The highest BCUT2D eigenvalue weighted by atomic mass is 16.3. The summed E-state index contributed by atoms with van der Waals surface area (Å²) in [4.78, 5) is 23.1. The van der Waals surface area contributed by atoms with Crippen molar-refractivity contribution in [2.24, 2.45) is 35.5 Å². The molecule has 8 aliphatic carbocycles. The number of Topliss-reactive ketones (excluding diaryl/α,β-unsaturated/α-hetero) is 2. The molecular weight excluding hydrogens is 300 g/mol. The first-order chi connectivity index (χ1) is 11.0. The lowest BCUT2D eigenvalue weighted by Crippen LogP contribution is -2.54. The van der Waals surface area contributed by atoms with E-state index in [2.05, 4.69) is 6.08 Å². The van der Waals surface area contributed by atoms with Crippen molar-refractivity contribution in [2.45, 2.75) is 70.8 Å². The zero-order valence-electron chi connectivity index (χ0n) is 13.7. The fourth-order valence-corrected chi connectivity index (χ4v) is 6.79. The zero-order valence-corrected chi connectivity index (χ0v) is 13.7. The summed E-state index contributed by atoms with van der Waals surface area (Å²) < 4.78 is 0. The summed E-state index contributed by atoms with van der Waals surface area (Å²) in [5.41, 5.74) is 1.15. The first-order valence-electron chi connectivity index (χ1n) is 9.48. The third-order valence-corrected chi connectivity index (χ3v) is 7.43. The second-order valence-electron chi connectivity index (χ2n) is 9.25. The van der Waals surface area contributed by atoms with Crippen LogP contribution in [0.1, 0.15) is 65.2 Å². The van der Waals surface area contributed by atoms with Gasteiger partial charge >= 0.3 is 0 Å². The first-order valence-corrected chi connectivity index (χ1v) is 9.48. The molecule has 0 amide bonds. The zero-order chi connectivity index (χ0) is 15.8. The van der Waals surface area contributed by atoms with E-state index in [0.29, 0.717) is 29.3 Å². The van der Waals surface area contributed by atoms with Crippen molar-refractivity contribution in [3.05, 3.63) is 11.6 Å². The van der Waals surface area contributed by atoms with Crippen molar-refractivity contribution in [1.29, 1.82) is 0 Å². The minimum Gasteiger partial charge on any atom is -0.390 e. The number of aliphatic hydroxyl groups is 1. The van der Waals surface area contributed by atoms with Gasteiger partial charge in [-0.15, -0.1) is 0 Å². The molecular formula is C21H30O3. The van der Waals surface area contributed by atoms with Crippen LogP contribution in [-0.2, 0) is 9.59 Å². The maximum Gasteiger partial charge on any atom is 0.143 e. The van der Waals surface area contributed by atoms with Crippen LogP contribution in [0.25, 0.3) is 0 Å². The van der Waals surface area contributed by atoms with Crippen LogP contribution in [0, 0.1) is 35.5 Å². The van der Waals surface area contributed by atoms with E-state index < -0.39 is 5.60 Å². The van der Waals surface area contributed by atoms with Crippen molar-refractivity contribution in [3.63, 3.8) is 0 Å². The summed E-state index contributed by atoms with van der Waals surface area (Å²) in [5.74, 6) is 3.76. The van der Waals surface area contributed by atoms with Gasteiger partial charge in [0.25, 0.3) is 0 Å². The number of carbonyl (C=O) groups excluding carboxylic acids is 2. The molecule has 6 saturated carbocycles. The summed E-state index contributed by atoms with van der Waals surface area (Å²) in [6, 6.07) is 0. The van der Waals surface area contributed by atoms with Crippen LogP contribution in [0.2, 0.25) is 0 Å². The predicted molar refractivity (Wildman–Crippen MR) is 92.3 cm³/mol. The van der Waals surface area contributed by atoms with Crippen LogP contribution in [0.15, 0.2) is 11.6 Å². The van der Waals surface area contributed by atoms with E-state index in [0.717, 1.165) is 44.4 Å². The van der Waals surface area contributed by atoms with E-state index in [-0.39, 0.29) is 19.3 Å². The lowest BCUT2D eigenvalue weighted by Gasteiger charge is -2.53. The number of hydrogen-bond donors (Lipinski definition) is 1. The maximum absolute atomic E-state index is 11.6. The molecule has 5 unspecified atom stereocenters. The molecule has 8 bridgehead atoms. The van der Waals surface area contributed by atoms with E-state index in [1.54, 1.807) is 5.57 Å². The molecule has 8 rings (SSSR count). The van der Waals surface area contributed by atoms with Gasteiger partial charge in [0.15, 0.2) is 0 Å². The lowest BCUT2D eigenvalue weighted by atomic mass is 9.54. The minimum absolute atomic E-state index is 0. The van der Waals surface area contributed by atoms with Gasteiger partial charge in [-0.25, -0.2) is 0 Å². The Morgan fingerprint density at radius 3 is 2.08 bits per heavy atom. The van der Waals surface area contributed by atoms with Gasteiger partial charge in [-0.3, -0.25) is 9.59 Å². The van der Waals surface area contributed by atoms with Crippen molar-refractivity contribution in [2.75, 3.05) is 0 Å². The number of ketones is 2. The average Bonchev–Trinajstić information content (AvgIpc) is 2.48. The minimum atomic E-state index is -0.440. The van der Waals surface area contributed by atoms with Crippen molar-refractivity contribution < 1.29 is 14.7 Å². The lowest BCUT2D eigenvalue weighted by molar-refractivity contribution is -0.161. The topological polar surface area (TPSA) is 54.4 Å². The number of hydrogen-bond acceptors (Lipinski definition) is 3. The highest BCUT2D eigenvalue weighted by molar-refractivity contribution is 5.88. The normalized spacial score (nSPS) is 49.5. The summed E-state index contributed by atoms with van der Waals surface area (Å²) in [7, 11) is 0. The van der Waals surface area contributed by atoms with E-state index >= 15 is 0 Å². The number of allylic oxidation sites excluding steroid dienone is 2. The van der Waals surface area contributed by atoms with Gasteiger partial charge in [-0.2, -0.15) is 0 Å². The Hall–Kier alpha value is -0.960. The molecule has 0 aromatic carbocycles. The Balaban J connectivity index is 0.000000117. The van der Waals surface area contributed by atoms with Gasteiger partial charge in [-0.1, -0.05) is 19.1 Å². The largest absolute Gasteiger partial charge is 0.390 e. The van der Waals surface area contributed by atoms with Crippen LogP contribution in [0.3, 0.4) is 0 Å². The van der Waals surface area contributed by atoms with Gasteiger partial charge < -0.3 is 5.11 Å². The third kappa shape index (κ3) is 2.51. The highest BCUT2D eigenvalue weighted by Gasteiger charge is 2.54. The fraction of sp³-hybridized carbons (Fsp3) is 0.810. The van der Waals surface area contributed by atoms with E-state index in [1.807, 2.05) is 0 Å². The van der Waals surface area contributed by atoms with Crippen molar-refractivity contribution >= 4 is 11.6 Å². The standard InChI is InChI=1S/C10H14O2.C10H12O.CH4/c11-9-7-1-6-2-8(9)5-10(12,3-6)4-7;11-10-8-2-6-1-7(4-8)5-9(10)3-6;/h6-8,12H,1-5H2;2,7-9H,1,3-5H2;1H4. The third-order valence-electron chi connectivity index (χ3n) is 7.43. The Bertz CT molecular complexity index is 586. The van der Waals surface area contributed by atoms with Gasteiger partial charge in [0, 0.05) is 23.7 Å². The predicted octanol–water partition coefficient (Wildman–Crippen LogP) is 3.69. The summed E-state index contributed by atoms with van der Waals surface area (Å²) in [5, 5.41) is 10.1. The molecule has 0 aromatic heterocycles. The smallest absolute Gasteiger partial charge is 0.143 e. The Morgan fingerprint density at radius 1 is 0.833 bits per heavy atom. The Morgan fingerprint density at radius 2 is 1.50 bits per heavy atom. The van der Waals surface area contributed by atoms with Crippen LogP contribution in [0.4, 0.5) is 0 Å². The number of rotatable bonds is 0. The first kappa shape index (κ1) is 16.5. The maximum atomic E-state index is 11.6. The average molecular weight is 330 g/mol.